The molecule has 1 fully saturated rings. The Kier molecular flexibility index (Phi) is 6.86. The molecule has 0 radical (unpaired) electrons. The summed E-state index contributed by atoms with van der Waals surface area (Å²) in [5, 5.41) is 0. The molecule has 1 heterocycles. The minimum atomic E-state index is -4.86. The number of alkyl halides is 3. The molecule has 184 valence electrons. The van der Waals surface area contributed by atoms with Crippen LogP contribution in [0.25, 0.3) is 11.1 Å². The monoisotopic (exact) mass is 503 g/mol. The van der Waals surface area contributed by atoms with Gasteiger partial charge in [-0.1, -0.05) is 42.5 Å². The average Bonchev–Trinajstić information content (AvgIpc) is 2.83. The molecule has 10 heteroatoms. The third-order valence-corrected chi connectivity index (χ3v) is 7.50. The van der Waals surface area contributed by atoms with E-state index >= 15 is 0 Å². The first-order valence-electron chi connectivity index (χ1n) is 11.0. The Morgan fingerprint density at radius 3 is 2.23 bits per heavy atom. The van der Waals surface area contributed by atoms with Gasteiger partial charge in [0.15, 0.2) is 0 Å². The molecular weight excluding hydrogens is 479 g/mol. The average molecular weight is 504 g/mol. The highest BCUT2D eigenvalue weighted by Crippen LogP contribution is 2.37. The Hall–Kier alpha value is -3.37. The molecule has 0 aromatic heterocycles. The Bertz CT molecular complexity index is 1320. The van der Waals surface area contributed by atoms with Crippen LogP contribution in [0.1, 0.15) is 28.8 Å². The van der Waals surface area contributed by atoms with E-state index in [9.17, 15) is 26.4 Å². The van der Waals surface area contributed by atoms with Gasteiger partial charge in [-0.05, 0) is 54.3 Å². The second-order valence-corrected chi connectivity index (χ2v) is 10.1. The number of sulfonamides is 1. The van der Waals surface area contributed by atoms with Crippen LogP contribution in [0.5, 0.6) is 0 Å². The van der Waals surface area contributed by atoms with E-state index < -0.39 is 32.7 Å². The summed E-state index contributed by atoms with van der Waals surface area (Å²) in [5.74, 6) is -0.227. The summed E-state index contributed by atoms with van der Waals surface area (Å²) in [6.45, 7) is 0.528. The zero-order valence-corrected chi connectivity index (χ0v) is 19.4. The molecule has 4 rings (SSSR count). The molecule has 1 amide bonds. The van der Waals surface area contributed by atoms with Gasteiger partial charge in [-0.25, -0.2) is 13.1 Å². The molecule has 0 atom stereocenters. The number of nitrogen functional groups attached to an aromatic ring is 1. The van der Waals surface area contributed by atoms with Crippen LogP contribution in [0, 0.1) is 0 Å². The number of benzene rings is 3. The second kappa shape index (κ2) is 9.71. The van der Waals surface area contributed by atoms with Crippen molar-refractivity contribution in [2.45, 2.75) is 30.0 Å². The van der Waals surface area contributed by atoms with E-state index in [4.69, 9.17) is 5.73 Å². The van der Waals surface area contributed by atoms with Crippen LogP contribution in [0.15, 0.2) is 77.7 Å². The smallest absolute Gasteiger partial charge is 0.399 e. The Morgan fingerprint density at radius 2 is 1.60 bits per heavy atom. The summed E-state index contributed by atoms with van der Waals surface area (Å²) in [6, 6.07) is 17.6. The number of hydrogen-bond donors (Lipinski definition) is 2. The number of carbonyl (C=O) groups is 1. The van der Waals surface area contributed by atoms with Crippen LogP contribution in [0.4, 0.5) is 18.9 Å². The number of likely N-dealkylation sites (tertiary alicyclic amines) is 1. The molecule has 1 aliphatic rings. The standard InChI is InChI=1S/C25H24F3N3O3S/c26-25(27,28)22-16-18(17-5-2-1-3-6-17)9-10-23(22)35(33,34)30-21-11-13-31(14-12-21)24(32)19-7-4-8-20(29)15-19/h1-10,15-16,21,30H,11-14,29H2. The van der Waals surface area contributed by atoms with Gasteiger partial charge < -0.3 is 10.6 Å². The van der Waals surface area contributed by atoms with Crippen molar-refractivity contribution in [1.82, 2.24) is 9.62 Å². The van der Waals surface area contributed by atoms with Gasteiger partial charge in [0.25, 0.3) is 5.91 Å². The molecule has 0 saturated carbocycles. The number of carbonyl (C=O) groups excluding carboxylic acids is 1. The second-order valence-electron chi connectivity index (χ2n) is 8.39. The van der Waals surface area contributed by atoms with Crippen LogP contribution in [0.2, 0.25) is 0 Å². The van der Waals surface area contributed by atoms with Gasteiger partial charge in [-0.2, -0.15) is 13.2 Å². The fourth-order valence-electron chi connectivity index (χ4n) is 4.13. The van der Waals surface area contributed by atoms with Gasteiger partial charge in [0.05, 0.1) is 10.5 Å². The number of rotatable bonds is 5. The topological polar surface area (TPSA) is 92.5 Å². The molecule has 0 unspecified atom stereocenters. The first-order valence-corrected chi connectivity index (χ1v) is 12.5. The quantitative estimate of drug-likeness (QED) is 0.500. The molecule has 3 aromatic rings. The molecule has 35 heavy (non-hydrogen) atoms. The summed E-state index contributed by atoms with van der Waals surface area (Å²) < 4.78 is 69.9. The number of nitrogens with zero attached hydrogens (tertiary/aromatic N) is 1. The molecule has 6 nitrogen and oxygen atoms in total. The maximum absolute atomic E-state index is 13.8. The van der Waals surface area contributed by atoms with Crippen LogP contribution >= 0.6 is 0 Å². The van der Waals surface area contributed by atoms with Crippen molar-refractivity contribution in [1.29, 1.82) is 0 Å². The molecule has 0 bridgehead atoms. The Balaban J connectivity index is 1.50. The lowest BCUT2D eigenvalue weighted by Gasteiger charge is -2.32. The van der Waals surface area contributed by atoms with Gasteiger partial charge in [0.2, 0.25) is 10.0 Å². The lowest BCUT2D eigenvalue weighted by atomic mass is 10.0. The fraction of sp³-hybridized carbons (Fsp3) is 0.240. The Morgan fingerprint density at radius 1 is 0.914 bits per heavy atom. The van der Waals surface area contributed by atoms with Crippen molar-refractivity contribution in [2.75, 3.05) is 18.8 Å². The third kappa shape index (κ3) is 5.66. The highest BCUT2D eigenvalue weighted by atomic mass is 32.2. The first-order chi connectivity index (χ1) is 16.5. The number of halogens is 3. The highest BCUT2D eigenvalue weighted by Gasteiger charge is 2.38. The number of anilines is 1. The summed E-state index contributed by atoms with van der Waals surface area (Å²) in [4.78, 5) is 13.4. The molecular formula is C25H24F3N3O3S. The zero-order chi connectivity index (χ0) is 25.2. The van der Waals surface area contributed by atoms with Gasteiger partial charge in [0, 0.05) is 30.4 Å². The molecule has 3 aromatic carbocycles. The van der Waals surface area contributed by atoms with E-state index in [2.05, 4.69) is 4.72 Å². The van der Waals surface area contributed by atoms with Crippen molar-refractivity contribution in [3.8, 4) is 11.1 Å². The van der Waals surface area contributed by atoms with E-state index in [1.54, 1.807) is 59.5 Å². The number of piperidine rings is 1. The van der Waals surface area contributed by atoms with E-state index in [1.807, 2.05) is 0 Å². The van der Waals surface area contributed by atoms with Crippen molar-refractivity contribution in [3.63, 3.8) is 0 Å². The van der Waals surface area contributed by atoms with E-state index in [1.165, 1.54) is 6.07 Å². The fourth-order valence-corrected chi connectivity index (χ4v) is 5.65. The molecule has 0 spiro atoms. The van der Waals surface area contributed by atoms with Crippen LogP contribution in [-0.4, -0.2) is 38.4 Å². The van der Waals surface area contributed by atoms with Crippen molar-refractivity contribution in [3.05, 3.63) is 83.9 Å². The van der Waals surface area contributed by atoms with E-state index in [-0.39, 0.29) is 37.4 Å². The lowest BCUT2D eigenvalue weighted by molar-refractivity contribution is -0.139. The molecule has 3 N–H and O–H groups in total. The van der Waals surface area contributed by atoms with Gasteiger partial charge in [0.1, 0.15) is 0 Å². The van der Waals surface area contributed by atoms with Crippen molar-refractivity contribution in [2.24, 2.45) is 0 Å². The predicted octanol–water partition coefficient (Wildman–Crippen LogP) is 4.54. The lowest BCUT2D eigenvalue weighted by Crippen LogP contribution is -2.46. The Labute approximate surface area is 201 Å². The van der Waals surface area contributed by atoms with Gasteiger partial charge in [-0.15, -0.1) is 0 Å². The number of hydrogen-bond acceptors (Lipinski definition) is 4. The van der Waals surface area contributed by atoms with Crippen molar-refractivity contribution >= 4 is 21.6 Å². The van der Waals surface area contributed by atoms with Crippen LogP contribution in [-0.2, 0) is 16.2 Å². The van der Waals surface area contributed by atoms with E-state index in [0.717, 1.165) is 12.1 Å². The van der Waals surface area contributed by atoms with Gasteiger partial charge >= 0.3 is 6.18 Å². The number of amides is 1. The SMILES string of the molecule is Nc1cccc(C(=O)N2CCC(NS(=O)(=O)c3ccc(-c4ccccc4)cc3C(F)(F)F)CC2)c1. The number of nitrogens with one attached hydrogen (secondary N) is 1. The zero-order valence-electron chi connectivity index (χ0n) is 18.6. The van der Waals surface area contributed by atoms with Gasteiger partial charge in [-0.3, -0.25) is 4.79 Å². The largest absolute Gasteiger partial charge is 0.417 e. The summed E-state index contributed by atoms with van der Waals surface area (Å²) >= 11 is 0. The summed E-state index contributed by atoms with van der Waals surface area (Å²) in [6.07, 6.45) is -4.31. The third-order valence-electron chi connectivity index (χ3n) is 5.92. The molecule has 1 saturated heterocycles. The number of nitrogens with two attached hydrogens (primary N) is 1. The van der Waals surface area contributed by atoms with Crippen LogP contribution < -0.4 is 10.5 Å². The predicted molar refractivity (Wildman–Crippen MR) is 127 cm³/mol. The van der Waals surface area contributed by atoms with Crippen molar-refractivity contribution < 1.29 is 26.4 Å². The van der Waals surface area contributed by atoms with E-state index in [0.29, 0.717) is 16.8 Å². The minimum absolute atomic E-state index is 0.227. The first kappa shape index (κ1) is 24.7. The highest BCUT2D eigenvalue weighted by molar-refractivity contribution is 7.89. The maximum atomic E-state index is 13.8. The summed E-state index contributed by atoms with van der Waals surface area (Å²) in [7, 11) is -4.46. The molecule has 1 aliphatic heterocycles. The summed E-state index contributed by atoms with van der Waals surface area (Å²) in [5.41, 5.74) is 6.21. The molecule has 0 aliphatic carbocycles. The minimum Gasteiger partial charge on any atom is -0.399 e. The normalized spacial score (nSPS) is 15.2. The van der Waals surface area contributed by atoms with Crippen LogP contribution in [0.3, 0.4) is 0 Å². The maximum Gasteiger partial charge on any atom is 0.417 e.